The van der Waals surface area contributed by atoms with Crippen LogP contribution in [0.4, 0.5) is 0 Å². The molecule has 1 N–H and O–H groups in total. The van der Waals surface area contributed by atoms with Gasteiger partial charge in [0.25, 0.3) is 0 Å². The van der Waals surface area contributed by atoms with E-state index in [1.807, 2.05) is 6.07 Å². The molecule has 1 rings (SSSR count). The highest BCUT2D eigenvalue weighted by molar-refractivity contribution is 5.72. The maximum absolute atomic E-state index is 12.6. The molecule has 0 aliphatic rings. The van der Waals surface area contributed by atoms with Crippen LogP contribution in [0.3, 0.4) is 0 Å². The molecule has 0 heterocycles. The molecule has 0 saturated carbocycles. The molecule has 0 fully saturated rings. The van der Waals surface area contributed by atoms with Gasteiger partial charge in [0.2, 0.25) is 0 Å². The molecule has 0 unspecified atom stereocenters. The van der Waals surface area contributed by atoms with Crippen LogP contribution in [0.15, 0.2) is 18.2 Å². The Bertz CT molecular complexity index is 919. The second-order valence-corrected chi connectivity index (χ2v) is 14.3. The van der Waals surface area contributed by atoms with Crippen molar-refractivity contribution in [1.82, 2.24) is 4.90 Å². The van der Waals surface area contributed by atoms with Gasteiger partial charge in [0.1, 0.15) is 5.75 Å². The summed E-state index contributed by atoms with van der Waals surface area (Å²) in [4.78, 5) is 26.9. The number of nitrogens with zero attached hydrogens (tertiary/aromatic N) is 1. The fourth-order valence-electron chi connectivity index (χ4n) is 6.52. The first kappa shape index (κ1) is 45.1. The van der Waals surface area contributed by atoms with Crippen LogP contribution in [0.1, 0.15) is 192 Å². The summed E-state index contributed by atoms with van der Waals surface area (Å²) in [6, 6.07) is 6.28. The van der Waals surface area contributed by atoms with Crippen LogP contribution in [0.2, 0.25) is 0 Å². The minimum absolute atomic E-state index is 0.0368. The molecule has 284 valence electrons. The molecule has 0 bridgehead atoms. The lowest BCUT2D eigenvalue weighted by atomic mass is 9.97. The molecule has 6 heteroatoms. The van der Waals surface area contributed by atoms with Crippen molar-refractivity contribution in [3.8, 4) is 5.75 Å². The summed E-state index contributed by atoms with van der Waals surface area (Å²) < 4.78 is 11.1. The van der Waals surface area contributed by atoms with Crippen molar-refractivity contribution < 1.29 is 24.2 Å². The highest BCUT2D eigenvalue weighted by Gasteiger charge is 2.10. The van der Waals surface area contributed by atoms with Crippen molar-refractivity contribution in [2.45, 2.75) is 194 Å². The van der Waals surface area contributed by atoms with Gasteiger partial charge in [0.05, 0.1) is 13.2 Å². The van der Waals surface area contributed by atoms with Gasteiger partial charge in [-0.25, -0.2) is 0 Å². The predicted molar refractivity (Wildman–Crippen MR) is 206 cm³/mol. The van der Waals surface area contributed by atoms with Crippen LogP contribution < -0.4 is 4.74 Å². The topological polar surface area (TPSA) is 76.1 Å². The molecule has 1 aromatic rings. The number of ether oxygens (including phenoxy) is 2. The Kier molecular flexibility index (Phi) is 30.6. The smallest absolute Gasteiger partial charge is 0.311 e. The van der Waals surface area contributed by atoms with E-state index in [0.29, 0.717) is 25.2 Å². The summed E-state index contributed by atoms with van der Waals surface area (Å²) in [5.41, 5.74) is 2.77. The largest absolute Gasteiger partial charge is 0.466 e. The van der Waals surface area contributed by atoms with E-state index in [1.54, 1.807) is 0 Å². The van der Waals surface area contributed by atoms with Crippen LogP contribution in [-0.2, 0) is 27.2 Å². The minimum Gasteiger partial charge on any atom is -0.466 e. The first-order chi connectivity index (χ1) is 24.0. The quantitative estimate of drug-likeness (QED) is 0.0435. The molecule has 0 atom stereocenters. The van der Waals surface area contributed by atoms with Gasteiger partial charge in [0.15, 0.2) is 0 Å². The van der Waals surface area contributed by atoms with Crippen molar-refractivity contribution in [1.29, 1.82) is 0 Å². The van der Waals surface area contributed by atoms with E-state index < -0.39 is 0 Å². The fraction of sp³-hybridized carbons (Fsp3) is 0.814. The predicted octanol–water partition coefficient (Wildman–Crippen LogP) is 11.3. The average molecular weight is 688 g/mol. The molecule has 0 amide bonds. The normalized spacial score (nSPS) is 11.4. The third kappa shape index (κ3) is 26.5. The summed E-state index contributed by atoms with van der Waals surface area (Å²) >= 11 is 0. The van der Waals surface area contributed by atoms with Gasteiger partial charge in [-0.1, -0.05) is 130 Å². The van der Waals surface area contributed by atoms with Crippen molar-refractivity contribution in [3.05, 3.63) is 29.3 Å². The SMILES string of the molecule is CCCCCCCCCOC(=O)CCCCCCCN(CCO)CCCCCCCC(=O)Oc1ccc(CCCCC)c(CCCCC)c1. The Morgan fingerprint density at radius 1 is 0.551 bits per heavy atom. The maximum atomic E-state index is 12.6. The molecule has 6 nitrogen and oxygen atoms in total. The molecule has 49 heavy (non-hydrogen) atoms. The summed E-state index contributed by atoms with van der Waals surface area (Å²) in [5.74, 6) is 0.546. The molecule has 0 radical (unpaired) electrons. The number of unbranched alkanes of at least 4 members (excludes halogenated alkanes) is 18. The third-order valence-electron chi connectivity index (χ3n) is 9.65. The van der Waals surface area contributed by atoms with E-state index in [9.17, 15) is 14.7 Å². The van der Waals surface area contributed by atoms with Gasteiger partial charge >= 0.3 is 11.9 Å². The monoisotopic (exact) mass is 688 g/mol. The molecule has 1 aromatic carbocycles. The van der Waals surface area contributed by atoms with Crippen LogP contribution >= 0.6 is 0 Å². The Labute approximate surface area is 302 Å². The Morgan fingerprint density at radius 3 is 1.63 bits per heavy atom. The summed E-state index contributed by atoms with van der Waals surface area (Å²) in [7, 11) is 0. The van der Waals surface area contributed by atoms with Crippen LogP contribution in [-0.4, -0.2) is 54.8 Å². The summed E-state index contributed by atoms with van der Waals surface area (Å²) in [6.45, 7) is 10.3. The number of hydrogen-bond donors (Lipinski definition) is 1. The van der Waals surface area contributed by atoms with Crippen LogP contribution in [0.5, 0.6) is 5.75 Å². The molecule has 0 aromatic heterocycles. The number of esters is 2. The van der Waals surface area contributed by atoms with Gasteiger partial charge in [-0.2, -0.15) is 0 Å². The van der Waals surface area contributed by atoms with Crippen molar-refractivity contribution >= 4 is 11.9 Å². The molecular formula is C43H77NO5. The van der Waals surface area contributed by atoms with E-state index in [0.717, 1.165) is 110 Å². The number of carbonyl (C=O) groups excluding carboxylic acids is 2. The van der Waals surface area contributed by atoms with Crippen molar-refractivity contribution in [2.24, 2.45) is 0 Å². The fourth-order valence-corrected chi connectivity index (χ4v) is 6.52. The van der Waals surface area contributed by atoms with Gasteiger partial charge in [0, 0.05) is 19.4 Å². The highest BCUT2D eigenvalue weighted by atomic mass is 16.5. The number of rotatable bonds is 35. The van der Waals surface area contributed by atoms with Gasteiger partial charge in [-0.15, -0.1) is 0 Å². The number of aliphatic hydroxyl groups is 1. The number of aryl methyl sites for hydroxylation is 2. The number of carbonyl (C=O) groups is 2. The lowest BCUT2D eigenvalue weighted by Crippen LogP contribution is -2.29. The third-order valence-corrected chi connectivity index (χ3v) is 9.65. The van der Waals surface area contributed by atoms with Crippen molar-refractivity contribution in [3.63, 3.8) is 0 Å². The summed E-state index contributed by atoms with van der Waals surface area (Å²) in [5, 5.41) is 9.52. The summed E-state index contributed by atoms with van der Waals surface area (Å²) in [6.07, 6.45) is 29.9. The van der Waals surface area contributed by atoms with Crippen LogP contribution in [0, 0.1) is 0 Å². The van der Waals surface area contributed by atoms with Gasteiger partial charge in [-0.05, 0) is 94.1 Å². The standard InChI is InChI=1S/C43H77NO5/c1-4-7-10-11-12-19-26-37-48-42(46)29-22-15-13-17-24-33-44(35-36-45)34-25-18-14-16-23-30-43(47)49-41-32-31-39(27-20-8-5-2)40(38-41)28-21-9-6-3/h31-32,38,45H,4-30,33-37H2,1-3H3. The zero-order valence-electron chi connectivity index (χ0n) is 32.4. The van der Waals surface area contributed by atoms with E-state index in [4.69, 9.17) is 9.47 Å². The Morgan fingerprint density at radius 2 is 1.04 bits per heavy atom. The van der Waals surface area contributed by atoms with E-state index in [1.165, 1.54) is 81.8 Å². The van der Waals surface area contributed by atoms with Gasteiger partial charge in [-0.3, -0.25) is 9.59 Å². The second-order valence-electron chi connectivity index (χ2n) is 14.3. The van der Waals surface area contributed by atoms with Crippen LogP contribution in [0.25, 0.3) is 0 Å². The van der Waals surface area contributed by atoms with E-state index in [-0.39, 0.29) is 18.5 Å². The lowest BCUT2D eigenvalue weighted by Gasteiger charge is -2.21. The molecule has 0 aliphatic heterocycles. The second kappa shape index (κ2) is 33.2. The Balaban J connectivity index is 2.12. The molecule has 0 spiro atoms. The molecular weight excluding hydrogens is 610 g/mol. The molecule has 0 saturated heterocycles. The zero-order chi connectivity index (χ0) is 35.6. The lowest BCUT2D eigenvalue weighted by molar-refractivity contribution is -0.144. The number of benzene rings is 1. The first-order valence-electron chi connectivity index (χ1n) is 20.8. The number of aliphatic hydroxyl groups excluding tert-OH is 1. The number of hydrogen-bond acceptors (Lipinski definition) is 6. The maximum Gasteiger partial charge on any atom is 0.311 e. The Hall–Kier alpha value is -1.92. The minimum atomic E-state index is -0.119. The highest BCUT2D eigenvalue weighted by Crippen LogP contribution is 2.23. The average Bonchev–Trinajstić information content (AvgIpc) is 3.09. The van der Waals surface area contributed by atoms with Crippen molar-refractivity contribution in [2.75, 3.05) is 32.8 Å². The zero-order valence-corrected chi connectivity index (χ0v) is 32.4. The van der Waals surface area contributed by atoms with E-state index in [2.05, 4.69) is 37.8 Å². The van der Waals surface area contributed by atoms with Gasteiger partial charge < -0.3 is 19.5 Å². The molecule has 0 aliphatic carbocycles. The first-order valence-corrected chi connectivity index (χ1v) is 20.8. The van der Waals surface area contributed by atoms with E-state index >= 15 is 0 Å².